The predicted octanol–water partition coefficient (Wildman–Crippen LogP) is 5.22. The lowest BCUT2D eigenvalue weighted by Gasteiger charge is -2.32. The summed E-state index contributed by atoms with van der Waals surface area (Å²) in [7, 11) is 0. The fraction of sp³-hybridized carbons (Fsp3) is 0.381. The van der Waals surface area contributed by atoms with Crippen molar-refractivity contribution in [3.8, 4) is 5.75 Å². The van der Waals surface area contributed by atoms with Crippen molar-refractivity contribution in [1.29, 1.82) is 0 Å². The molecule has 1 heterocycles. The highest BCUT2D eigenvalue weighted by Crippen LogP contribution is 2.30. The number of rotatable bonds is 5. The van der Waals surface area contributed by atoms with E-state index < -0.39 is 11.7 Å². The molecular formula is C21H21ClF3NO2. The number of hydrogen-bond acceptors (Lipinski definition) is 2. The van der Waals surface area contributed by atoms with Crippen LogP contribution in [0.2, 0.25) is 5.02 Å². The molecule has 3 rings (SSSR count). The van der Waals surface area contributed by atoms with Crippen molar-refractivity contribution in [3.63, 3.8) is 0 Å². The maximum Gasteiger partial charge on any atom is 0.416 e. The molecule has 0 aromatic heterocycles. The van der Waals surface area contributed by atoms with Crippen LogP contribution in [0.1, 0.15) is 24.0 Å². The molecule has 1 atom stereocenters. The molecule has 3 nitrogen and oxygen atoms in total. The van der Waals surface area contributed by atoms with Crippen LogP contribution in [-0.4, -0.2) is 30.5 Å². The third-order valence-electron chi connectivity index (χ3n) is 4.81. The molecule has 2 aromatic rings. The molecule has 7 heteroatoms. The summed E-state index contributed by atoms with van der Waals surface area (Å²) in [6, 6.07) is 11.9. The van der Waals surface area contributed by atoms with Gasteiger partial charge in [0.1, 0.15) is 5.75 Å². The number of amides is 1. The summed E-state index contributed by atoms with van der Waals surface area (Å²) < 4.78 is 43.5. The molecule has 1 saturated heterocycles. The van der Waals surface area contributed by atoms with Crippen LogP contribution in [0.25, 0.3) is 0 Å². The summed E-state index contributed by atoms with van der Waals surface area (Å²) in [4.78, 5) is 14.4. The standard InChI is InChI=1S/C21H21ClF3NO2/c22-18-7-3-15(4-8-18)12-20(27)26-11-1-2-16(13-26)14-28-19-9-5-17(6-10-19)21(23,24)25/h3-10,16H,1-2,11-14H2/t16-/m0/s1. The Balaban J connectivity index is 1.50. The molecule has 28 heavy (non-hydrogen) atoms. The number of likely N-dealkylation sites (tertiary alicyclic amines) is 1. The number of carbonyl (C=O) groups excluding carboxylic acids is 1. The van der Waals surface area contributed by atoms with E-state index in [9.17, 15) is 18.0 Å². The first-order valence-electron chi connectivity index (χ1n) is 9.13. The second-order valence-corrected chi connectivity index (χ2v) is 7.42. The molecule has 2 aromatic carbocycles. The minimum atomic E-state index is -4.35. The van der Waals surface area contributed by atoms with Crippen LogP contribution < -0.4 is 4.74 Å². The van der Waals surface area contributed by atoms with E-state index in [-0.39, 0.29) is 11.8 Å². The second-order valence-electron chi connectivity index (χ2n) is 6.98. The van der Waals surface area contributed by atoms with E-state index in [0.29, 0.717) is 36.9 Å². The molecule has 1 aliphatic heterocycles. The van der Waals surface area contributed by atoms with Gasteiger partial charge in [0, 0.05) is 24.0 Å². The molecule has 1 aliphatic rings. The summed E-state index contributed by atoms with van der Waals surface area (Å²) >= 11 is 5.87. The third kappa shape index (κ3) is 5.64. The van der Waals surface area contributed by atoms with Crippen molar-refractivity contribution in [2.45, 2.75) is 25.4 Å². The van der Waals surface area contributed by atoms with Gasteiger partial charge in [0.25, 0.3) is 0 Å². The number of alkyl halides is 3. The zero-order valence-corrected chi connectivity index (χ0v) is 16.0. The number of hydrogen-bond donors (Lipinski definition) is 0. The quantitative estimate of drug-likeness (QED) is 0.675. The molecule has 1 fully saturated rings. The van der Waals surface area contributed by atoms with Crippen LogP contribution in [0.5, 0.6) is 5.75 Å². The van der Waals surface area contributed by atoms with E-state index in [1.807, 2.05) is 17.0 Å². The highest BCUT2D eigenvalue weighted by atomic mass is 35.5. The van der Waals surface area contributed by atoms with Gasteiger partial charge in [-0.15, -0.1) is 0 Å². The normalized spacial score (nSPS) is 17.4. The molecule has 150 valence electrons. The summed E-state index contributed by atoms with van der Waals surface area (Å²) in [5.74, 6) is 0.615. The second kappa shape index (κ2) is 8.86. The molecule has 0 spiro atoms. The fourth-order valence-corrected chi connectivity index (χ4v) is 3.40. The molecule has 0 saturated carbocycles. The van der Waals surface area contributed by atoms with Crippen LogP contribution in [0, 0.1) is 5.92 Å². The molecule has 0 unspecified atom stereocenters. The van der Waals surface area contributed by atoms with Crippen molar-refractivity contribution in [2.24, 2.45) is 5.92 Å². The van der Waals surface area contributed by atoms with Crippen LogP contribution in [0.3, 0.4) is 0 Å². The molecular weight excluding hydrogens is 391 g/mol. The van der Waals surface area contributed by atoms with Crippen molar-refractivity contribution < 1.29 is 22.7 Å². The van der Waals surface area contributed by atoms with E-state index in [0.717, 1.165) is 30.5 Å². The number of nitrogens with zero attached hydrogens (tertiary/aromatic N) is 1. The van der Waals surface area contributed by atoms with Crippen LogP contribution >= 0.6 is 11.6 Å². The number of benzene rings is 2. The average Bonchev–Trinajstić information content (AvgIpc) is 2.68. The van der Waals surface area contributed by atoms with Gasteiger partial charge in [-0.05, 0) is 54.8 Å². The van der Waals surface area contributed by atoms with Gasteiger partial charge in [0.15, 0.2) is 0 Å². The van der Waals surface area contributed by atoms with Gasteiger partial charge in [-0.25, -0.2) is 0 Å². The Morgan fingerprint density at radius 3 is 2.43 bits per heavy atom. The van der Waals surface area contributed by atoms with Gasteiger partial charge in [0.05, 0.1) is 18.6 Å². The van der Waals surface area contributed by atoms with Gasteiger partial charge >= 0.3 is 6.18 Å². The van der Waals surface area contributed by atoms with Gasteiger partial charge in [0.2, 0.25) is 5.91 Å². The Bertz CT molecular complexity index is 791. The van der Waals surface area contributed by atoms with Gasteiger partial charge in [-0.1, -0.05) is 23.7 Å². The first-order chi connectivity index (χ1) is 13.3. The largest absolute Gasteiger partial charge is 0.493 e. The van der Waals surface area contributed by atoms with Gasteiger partial charge in [-0.3, -0.25) is 4.79 Å². The Kier molecular flexibility index (Phi) is 6.50. The monoisotopic (exact) mass is 411 g/mol. The first-order valence-corrected chi connectivity index (χ1v) is 9.51. The molecule has 1 amide bonds. The summed E-state index contributed by atoms with van der Waals surface area (Å²) in [5.41, 5.74) is 0.217. The number of carbonyl (C=O) groups is 1. The van der Waals surface area contributed by atoms with Crippen molar-refractivity contribution in [2.75, 3.05) is 19.7 Å². The zero-order valence-electron chi connectivity index (χ0n) is 15.2. The number of ether oxygens (including phenoxy) is 1. The summed E-state index contributed by atoms with van der Waals surface area (Å²) in [6.07, 6.45) is -2.23. The highest BCUT2D eigenvalue weighted by Gasteiger charge is 2.30. The SMILES string of the molecule is O=C(Cc1ccc(Cl)cc1)N1CCC[C@H](COc2ccc(C(F)(F)F)cc2)C1. The first kappa shape index (κ1) is 20.5. The van der Waals surface area contributed by atoms with E-state index >= 15 is 0 Å². The summed E-state index contributed by atoms with van der Waals surface area (Å²) in [5, 5.41) is 0.634. The third-order valence-corrected chi connectivity index (χ3v) is 5.06. The van der Waals surface area contributed by atoms with E-state index in [4.69, 9.17) is 16.3 Å². The van der Waals surface area contributed by atoms with Crippen molar-refractivity contribution in [3.05, 3.63) is 64.7 Å². The Morgan fingerprint density at radius 1 is 1.11 bits per heavy atom. The zero-order chi connectivity index (χ0) is 20.1. The van der Waals surface area contributed by atoms with E-state index in [1.165, 1.54) is 12.1 Å². The Hall–Kier alpha value is -2.21. The average molecular weight is 412 g/mol. The highest BCUT2D eigenvalue weighted by molar-refractivity contribution is 6.30. The topological polar surface area (TPSA) is 29.5 Å². The lowest BCUT2D eigenvalue weighted by molar-refractivity contribution is -0.137. The van der Waals surface area contributed by atoms with Crippen LogP contribution in [0.15, 0.2) is 48.5 Å². The Labute approximate surface area is 167 Å². The lowest BCUT2D eigenvalue weighted by Crippen LogP contribution is -2.42. The molecule has 0 radical (unpaired) electrons. The van der Waals surface area contributed by atoms with Gasteiger partial charge in [-0.2, -0.15) is 13.2 Å². The van der Waals surface area contributed by atoms with E-state index in [2.05, 4.69) is 0 Å². The lowest BCUT2D eigenvalue weighted by atomic mass is 9.98. The van der Waals surface area contributed by atoms with Crippen LogP contribution in [-0.2, 0) is 17.4 Å². The molecule has 0 bridgehead atoms. The van der Waals surface area contributed by atoms with Crippen molar-refractivity contribution in [1.82, 2.24) is 4.90 Å². The minimum Gasteiger partial charge on any atom is -0.493 e. The van der Waals surface area contributed by atoms with E-state index in [1.54, 1.807) is 12.1 Å². The molecule has 0 aliphatic carbocycles. The minimum absolute atomic E-state index is 0.0570. The maximum atomic E-state index is 12.6. The Morgan fingerprint density at radius 2 is 1.79 bits per heavy atom. The predicted molar refractivity (Wildman–Crippen MR) is 101 cm³/mol. The van der Waals surface area contributed by atoms with Gasteiger partial charge < -0.3 is 9.64 Å². The number of halogens is 4. The smallest absolute Gasteiger partial charge is 0.416 e. The maximum absolute atomic E-state index is 12.6. The van der Waals surface area contributed by atoms with Crippen molar-refractivity contribution >= 4 is 17.5 Å². The number of piperidine rings is 1. The molecule has 0 N–H and O–H groups in total. The fourth-order valence-electron chi connectivity index (χ4n) is 3.27. The van der Waals surface area contributed by atoms with Crippen LogP contribution in [0.4, 0.5) is 13.2 Å². The summed E-state index contributed by atoms with van der Waals surface area (Å²) in [6.45, 7) is 1.67.